The summed E-state index contributed by atoms with van der Waals surface area (Å²) in [7, 11) is 0. The van der Waals surface area contributed by atoms with Crippen LogP contribution in [0.15, 0.2) is 18.2 Å². The number of aliphatic hydroxyl groups is 1. The molecule has 1 aromatic rings. The molecule has 13 heavy (non-hydrogen) atoms. The molecule has 0 spiro atoms. The fourth-order valence-corrected chi connectivity index (χ4v) is 2.06. The highest BCUT2D eigenvalue weighted by Crippen LogP contribution is 2.44. The average Bonchev–Trinajstić information content (AvgIpc) is 2.32. The van der Waals surface area contributed by atoms with Crippen LogP contribution in [0.2, 0.25) is 0 Å². The van der Waals surface area contributed by atoms with Gasteiger partial charge in [0.15, 0.2) is 0 Å². The number of rotatable bonds is 0. The van der Waals surface area contributed by atoms with Gasteiger partial charge in [0.1, 0.15) is 5.82 Å². The lowest BCUT2D eigenvalue weighted by atomic mass is 9.96. The quantitative estimate of drug-likeness (QED) is 0.650. The summed E-state index contributed by atoms with van der Waals surface area (Å²) in [6.45, 7) is 4.06. The minimum atomic E-state index is -0.499. The van der Waals surface area contributed by atoms with Gasteiger partial charge in [-0.1, -0.05) is 19.9 Å². The van der Waals surface area contributed by atoms with E-state index in [-0.39, 0.29) is 11.7 Å². The third-order valence-corrected chi connectivity index (χ3v) is 3.14. The van der Waals surface area contributed by atoms with Gasteiger partial charge in [-0.25, -0.2) is 4.39 Å². The van der Waals surface area contributed by atoms with Crippen LogP contribution in [0.1, 0.15) is 37.0 Å². The lowest BCUT2D eigenvalue weighted by Crippen LogP contribution is -2.04. The molecule has 70 valence electrons. The van der Waals surface area contributed by atoms with Crippen molar-refractivity contribution in [2.45, 2.75) is 25.9 Å². The zero-order chi connectivity index (χ0) is 9.59. The molecule has 0 aliphatic heterocycles. The monoisotopic (exact) mass is 180 g/mol. The molecule has 0 saturated heterocycles. The van der Waals surface area contributed by atoms with Gasteiger partial charge < -0.3 is 5.11 Å². The first-order valence-electron chi connectivity index (χ1n) is 4.58. The molecule has 0 amide bonds. The molecule has 2 heteroatoms. The smallest absolute Gasteiger partial charge is 0.123 e. The van der Waals surface area contributed by atoms with Gasteiger partial charge in [-0.15, -0.1) is 0 Å². The summed E-state index contributed by atoms with van der Waals surface area (Å²) in [4.78, 5) is 0. The Morgan fingerprint density at radius 3 is 2.62 bits per heavy atom. The highest BCUT2D eigenvalue weighted by molar-refractivity contribution is 5.38. The molecule has 0 bridgehead atoms. The maximum absolute atomic E-state index is 12.9. The van der Waals surface area contributed by atoms with E-state index in [1.165, 1.54) is 12.1 Å². The first-order valence-corrected chi connectivity index (χ1v) is 4.58. The van der Waals surface area contributed by atoms with Gasteiger partial charge in [-0.2, -0.15) is 0 Å². The molecule has 2 rings (SSSR count). The third-order valence-electron chi connectivity index (χ3n) is 3.14. The van der Waals surface area contributed by atoms with E-state index in [1.807, 2.05) is 6.92 Å². The number of hydrogen-bond acceptors (Lipinski definition) is 1. The summed E-state index contributed by atoms with van der Waals surface area (Å²) >= 11 is 0. The molecular formula is C11H13FO. The Hall–Kier alpha value is -0.890. The fraction of sp³-hybridized carbons (Fsp3) is 0.455. The summed E-state index contributed by atoms with van der Waals surface area (Å²) in [5, 5.41) is 9.78. The topological polar surface area (TPSA) is 20.2 Å². The summed E-state index contributed by atoms with van der Waals surface area (Å²) in [6, 6.07) is 4.68. The second-order valence-electron chi connectivity index (χ2n) is 3.87. The molecule has 3 atom stereocenters. The lowest BCUT2D eigenvalue weighted by molar-refractivity contribution is 0.123. The van der Waals surface area contributed by atoms with E-state index in [0.29, 0.717) is 5.92 Å². The Balaban J connectivity index is 2.54. The average molecular weight is 180 g/mol. The van der Waals surface area contributed by atoms with Crippen molar-refractivity contribution < 1.29 is 9.50 Å². The van der Waals surface area contributed by atoms with Gasteiger partial charge in [0.25, 0.3) is 0 Å². The molecule has 1 nitrogen and oxygen atoms in total. The highest BCUT2D eigenvalue weighted by atomic mass is 19.1. The second-order valence-corrected chi connectivity index (χ2v) is 3.87. The van der Waals surface area contributed by atoms with Crippen molar-refractivity contribution in [2.75, 3.05) is 0 Å². The van der Waals surface area contributed by atoms with Crippen LogP contribution in [0, 0.1) is 11.7 Å². The summed E-state index contributed by atoms with van der Waals surface area (Å²) in [5.74, 6) is 0.251. The fourth-order valence-electron chi connectivity index (χ4n) is 2.06. The van der Waals surface area contributed by atoms with E-state index >= 15 is 0 Å². The molecule has 0 aromatic heterocycles. The molecular weight excluding hydrogens is 167 g/mol. The van der Waals surface area contributed by atoms with Crippen molar-refractivity contribution in [1.29, 1.82) is 0 Å². The van der Waals surface area contributed by atoms with E-state index in [4.69, 9.17) is 0 Å². The van der Waals surface area contributed by atoms with Crippen LogP contribution in [0.5, 0.6) is 0 Å². The zero-order valence-corrected chi connectivity index (χ0v) is 7.79. The number of hydrogen-bond donors (Lipinski definition) is 1. The normalized spacial score (nSPS) is 31.8. The predicted molar refractivity (Wildman–Crippen MR) is 48.9 cm³/mol. The zero-order valence-electron chi connectivity index (χ0n) is 7.79. The van der Waals surface area contributed by atoms with Crippen molar-refractivity contribution in [2.24, 2.45) is 5.92 Å². The van der Waals surface area contributed by atoms with Gasteiger partial charge in [0.2, 0.25) is 0 Å². The molecule has 0 saturated carbocycles. The molecule has 1 N–H and O–H groups in total. The van der Waals surface area contributed by atoms with E-state index in [2.05, 4.69) is 6.92 Å². The summed E-state index contributed by atoms with van der Waals surface area (Å²) < 4.78 is 12.9. The first kappa shape index (κ1) is 8.70. The molecule has 1 aliphatic carbocycles. The first-order chi connectivity index (χ1) is 6.11. The van der Waals surface area contributed by atoms with E-state index in [1.54, 1.807) is 6.07 Å². The van der Waals surface area contributed by atoms with Crippen molar-refractivity contribution >= 4 is 0 Å². The van der Waals surface area contributed by atoms with Gasteiger partial charge in [-0.05, 0) is 35.1 Å². The number of benzene rings is 1. The molecule has 3 unspecified atom stereocenters. The third kappa shape index (κ3) is 1.17. The van der Waals surface area contributed by atoms with Crippen LogP contribution in [0.25, 0.3) is 0 Å². The van der Waals surface area contributed by atoms with Crippen LogP contribution in [0.4, 0.5) is 4.39 Å². The molecule has 0 fully saturated rings. The minimum Gasteiger partial charge on any atom is -0.388 e. The van der Waals surface area contributed by atoms with Crippen LogP contribution < -0.4 is 0 Å². The Bertz CT molecular complexity index is 335. The Morgan fingerprint density at radius 1 is 1.23 bits per heavy atom. The summed E-state index contributed by atoms with van der Waals surface area (Å²) in [6.07, 6.45) is -0.499. The molecule has 0 heterocycles. The van der Waals surface area contributed by atoms with Crippen molar-refractivity contribution in [3.8, 4) is 0 Å². The number of fused-ring (bicyclic) bond motifs is 1. The van der Waals surface area contributed by atoms with Crippen molar-refractivity contribution in [3.63, 3.8) is 0 Å². The van der Waals surface area contributed by atoms with Crippen LogP contribution in [-0.4, -0.2) is 5.11 Å². The van der Waals surface area contributed by atoms with Crippen LogP contribution in [0.3, 0.4) is 0 Å². The molecule has 1 aromatic carbocycles. The van der Waals surface area contributed by atoms with E-state index in [9.17, 15) is 9.50 Å². The SMILES string of the molecule is CC1c2ccc(F)cc2C(O)C1C. The number of aliphatic hydroxyl groups excluding tert-OH is 1. The maximum Gasteiger partial charge on any atom is 0.123 e. The van der Waals surface area contributed by atoms with Crippen molar-refractivity contribution in [3.05, 3.63) is 35.1 Å². The van der Waals surface area contributed by atoms with Gasteiger partial charge >= 0.3 is 0 Å². The molecule has 0 radical (unpaired) electrons. The Morgan fingerprint density at radius 2 is 1.92 bits per heavy atom. The van der Waals surface area contributed by atoms with Crippen molar-refractivity contribution in [1.82, 2.24) is 0 Å². The Kier molecular flexibility index (Phi) is 1.88. The van der Waals surface area contributed by atoms with Gasteiger partial charge in [0, 0.05) is 0 Å². The Labute approximate surface area is 77.2 Å². The second kappa shape index (κ2) is 2.81. The summed E-state index contributed by atoms with van der Waals surface area (Å²) in [5.41, 5.74) is 1.85. The molecule has 1 aliphatic rings. The van der Waals surface area contributed by atoms with Gasteiger partial charge in [0.05, 0.1) is 6.10 Å². The maximum atomic E-state index is 12.9. The predicted octanol–water partition coefficient (Wildman–Crippen LogP) is 2.61. The minimum absolute atomic E-state index is 0.191. The standard InChI is InChI=1S/C11H13FO/c1-6-7(2)11(13)10-5-8(12)3-4-9(6)10/h3-7,11,13H,1-2H3. The number of halogens is 1. The highest BCUT2D eigenvalue weighted by Gasteiger charge is 2.33. The lowest BCUT2D eigenvalue weighted by Gasteiger charge is -2.12. The largest absolute Gasteiger partial charge is 0.388 e. The van der Waals surface area contributed by atoms with Gasteiger partial charge in [-0.3, -0.25) is 0 Å². The van der Waals surface area contributed by atoms with Crippen LogP contribution >= 0.6 is 0 Å². The van der Waals surface area contributed by atoms with Crippen LogP contribution in [-0.2, 0) is 0 Å². The van der Waals surface area contributed by atoms with E-state index < -0.39 is 6.10 Å². The van der Waals surface area contributed by atoms with E-state index in [0.717, 1.165) is 11.1 Å².